The van der Waals surface area contributed by atoms with Crippen LogP contribution in [0.2, 0.25) is 0 Å². The summed E-state index contributed by atoms with van der Waals surface area (Å²) < 4.78 is 11.3. The molecule has 1 aliphatic carbocycles. The monoisotopic (exact) mass is 344 g/mol. The quantitative estimate of drug-likeness (QED) is 0.793. The van der Waals surface area contributed by atoms with Crippen molar-refractivity contribution >= 4 is 5.91 Å². The second-order valence-corrected chi connectivity index (χ2v) is 6.67. The molecule has 2 aromatic heterocycles. The minimum Gasteiger partial charge on any atom is -0.368 e. The Kier molecular flexibility index (Phi) is 5.13. The second-order valence-electron chi connectivity index (χ2n) is 6.67. The first-order valence-corrected chi connectivity index (χ1v) is 8.63. The van der Waals surface area contributed by atoms with Gasteiger partial charge in [0, 0.05) is 33.0 Å². The van der Waals surface area contributed by atoms with Gasteiger partial charge in [0.2, 0.25) is 5.82 Å². The lowest BCUT2D eigenvalue weighted by molar-refractivity contribution is -0.0520. The second kappa shape index (κ2) is 7.31. The number of carbonyl (C=O) groups excluding carboxylic acids is 1. The van der Waals surface area contributed by atoms with Crippen molar-refractivity contribution in [3.63, 3.8) is 0 Å². The predicted octanol–water partition coefficient (Wildman–Crippen LogP) is 3.03. The molecule has 0 saturated heterocycles. The molecule has 3 rings (SSSR count). The average molecular weight is 344 g/mol. The van der Waals surface area contributed by atoms with Crippen molar-refractivity contribution in [3.05, 3.63) is 29.9 Å². The minimum atomic E-state index is -0.490. The summed E-state index contributed by atoms with van der Waals surface area (Å²) in [5.74, 6) is 0.851. The van der Waals surface area contributed by atoms with E-state index in [2.05, 4.69) is 15.1 Å². The van der Waals surface area contributed by atoms with Crippen LogP contribution in [-0.2, 0) is 10.3 Å². The molecule has 2 aromatic rings. The molecule has 1 amide bonds. The molecule has 2 heterocycles. The molecule has 0 aliphatic heterocycles. The summed E-state index contributed by atoms with van der Waals surface area (Å²) in [7, 11) is 5.10. The molecule has 7 nitrogen and oxygen atoms in total. The molecule has 0 bridgehead atoms. The van der Waals surface area contributed by atoms with E-state index in [4.69, 9.17) is 9.26 Å². The Morgan fingerprint density at radius 3 is 2.48 bits per heavy atom. The van der Waals surface area contributed by atoms with Crippen LogP contribution in [0, 0.1) is 0 Å². The number of rotatable bonds is 4. The van der Waals surface area contributed by atoms with Gasteiger partial charge in [-0.05, 0) is 25.0 Å². The van der Waals surface area contributed by atoms with E-state index in [9.17, 15) is 4.79 Å². The summed E-state index contributed by atoms with van der Waals surface area (Å²) in [6.07, 6.45) is 7.97. The Labute approximate surface area is 147 Å². The Morgan fingerprint density at radius 1 is 1.20 bits per heavy atom. The molecule has 1 saturated carbocycles. The van der Waals surface area contributed by atoms with Crippen LogP contribution in [0.4, 0.5) is 0 Å². The van der Waals surface area contributed by atoms with Gasteiger partial charge >= 0.3 is 0 Å². The van der Waals surface area contributed by atoms with E-state index in [1.165, 1.54) is 17.7 Å². The van der Waals surface area contributed by atoms with Crippen LogP contribution in [0.5, 0.6) is 0 Å². The van der Waals surface area contributed by atoms with Gasteiger partial charge < -0.3 is 14.2 Å². The fourth-order valence-electron chi connectivity index (χ4n) is 3.21. The van der Waals surface area contributed by atoms with Gasteiger partial charge in [0.25, 0.3) is 11.8 Å². The Hall–Kier alpha value is -2.28. The zero-order valence-corrected chi connectivity index (χ0v) is 15.0. The first kappa shape index (κ1) is 17.5. The van der Waals surface area contributed by atoms with Crippen LogP contribution in [0.1, 0.15) is 54.9 Å². The zero-order chi connectivity index (χ0) is 17.9. The maximum Gasteiger partial charge on any atom is 0.271 e. The van der Waals surface area contributed by atoms with Crippen molar-refractivity contribution in [3.8, 4) is 11.4 Å². The van der Waals surface area contributed by atoms with Crippen LogP contribution >= 0.6 is 0 Å². The first-order valence-electron chi connectivity index (χ1n) is 8.63. The Bertz CT molecular complexity index is 716. The third-order valence-electron chi connectivity index (χ3n) is 4.76. The van der Waals surface area contributed by atoms with Crippen molar-refractivity contribution in [1.82, 2.24) is 20.0 Å². The minimum absolute atomic E-state index is 0.142. The molecule has 25 heavy (non-hydrogen) atoms. The smallest absolute Gasteiger partial charge is 0.271 e. The van der Waals surface area contributed by atoms with Crippen molar-refractivity contribution < 1.29 is 14.1 Å². The number of carbonyl (C=O) groups is 1. The fourth-order valence-corrected chi connectivity index (χ4v) is 3.21. The molecular weight excluding hydrogens is 320 g/mol. The standard InChI is InChI=1S/C18H24N4O3/c1-22(2)16(23)14-9-8-13(12-19-14)15-20-17(25-21-15)18(24-3)10-6-4-5-7-11-18/h8-9,12H,4-7,10-11H2,1-3H3. The van der Waals surface area contributed by atoms with Gasteiger partial charge in [0.05, 0.1) is 0 Å². The number of aromatic nitrogens is 3. The topological polar surface area (TPSA) is 81.4 Å². The highest BCUT2D eigenvalue weighted by atomic mass is 16.5. The summed E-state index contributed by atoms with van der Waals surface area (Å²) in [6, 6.07) is 3.45. The lowest BCUT2D eigenvalue weighted by Gasteiger charge is -2.26. The van der Waals surface area contributed by atoms with Gasteiger partial charge in [-0.3, -0.25) is 9.78 Å². The van der Waals surface area contributed by atoms with Crippen molar-refractivity contribution in [1.29, 1.82) is 0 Å². The van der Waals surface area contributed by atoms with E-state index in [1.54, 1.807) is 39.5 Å². The van der Waals surface area contributed by atoms with Crippen LogP contribution in [0.25, 0.3) is 11.4 Å². The third-order valence-corrected chi connectivity index (χ3v) is 4.76. The van der Waals surface area contributed by atoms with Gasteiger partial charge in [-0.1, -0.05) is 30.8 Å². The molecule has 0 spiro atoms. The number of nitrogens with zero attached hydrogens (tertiary/aromatic N) is 4. The fraction of sp³-hybridized carbons (Fsp3) is 0.556. The zero-order valence-electron chi connectivity index (χ0n) is 15.0. The molecule has 0 unspecified atom stereocenters. The van der Waals surface area contributed by atoms with Crippen molar-refractivity contribution in [2.75, 3.05) is 21.2 Å². The largest absolute Gasteiger partial charge is 0.368 e. The van der Waals surface area contributed by atoms with Crippen molar-refractivity contribution in [2.24, 2.45) is 0 Å². The van der Waals surface area contributed by atoms with Crippen LogP contribution in [0.15, 0.2) is 22.9 Å². The molecule has 7 heteroatoms. The highest BCUT2D eigenvalue weighted by Crippen LogP contribution is 2.38. The highest BCUT2D eigenvalue weighted by molar-refractivity contribution is 5.92. The molecular formula is C18H24N4O3. The molecule has 0 N–H and O–H groups in total. The van der Waals surface area contributed by atoms with Gasteiger partial charge in [-0.15, -0.1) is 0 Å². The Balaban J connectivity index is 1.84. The molecule has 0 radical (unpaired) electrons. The first-order chi connectivity index (χ1) is 12.1. The molecule has 134 valence electrons. The SMILES string of the molecule is COC1(c2nc(-c3ccc(C(=O)N(C)C)nc3)no2)CCCCCC1. The molecule has 1 fully saturated rings. The molecule has 0 atom stereocenters. The number of amides is 1. The highest BCUT2D eigenvalue weighted by Gasteiger charge is 2.38. The van der Waals surface area contributed by atoms with E-state index in [0.29, 0.717) is 23.0 Å². The summed E-state index contributed by atoms with van der Waals surface area (Å²) in [6.45, 7) is 0. The lowest BCUT2D eigenvalue weighted by Crippen LogP contribution is -2.28. The third kappa shape index (κ3) is 3.56. The average Bonchev–Trinajstić information content (AvgIpc) is 3.01. The van der Waals surface area contributed by atoms with Gasteiger partial charge in [-0.25, -0.2) is 0 Å². The number of hydrogen-bond acceptors (Lipinski definition) is 6. The summed E-state index contributed by atoms with van der Waals surface area (Å²) in [4.78, 5) is 22.2. The van der Waals surface area contributed by atoms with Gasteiger partial charge in [0.15, 0.2) is 0 Å². The Morgan fingerprint density at radius 2 is 1.92 bits per heavy atom. The van der Waals surface area contributed by atoms with Gasteiger partial charge in [-0.2, -0.15) is 4.98 Å². The van der Waals surface area contributed by atoms with E-state index in [1.807, 2.05) is 0 Å². The molecule has 0 aromatic carbocycles. The van der Waals surface area contributed by atoms with E-state index < -0.39 is 5.60 Å². The summed E-state index contributed by atoms with van der Waals surface area (Å²) in [5, 5.41) is 4.09. The van der Waals surface area contributed by atoms with E-state index in [0.717, 1.165) is 25.7 Å². The van der Waals surface area contributed by atoms with Crippen LogP contribution in [-0.4, -0.2) is 47.1 Å². The predicted molar refractivity (Wildman–Crippen MR) is 91.9 cm³/mol. The number of pyridine rings is 1. The molecule has 1 aliphatic rings. The van der Waals surface area contributed by atoms with Crippen molar-refractivity contribution in [2.45, 2.75) is 44.1 Å². The van der Waals surface area contributed by atoms with Gasteiger partial charge in [0.1, 0.15) is 11.3 Å². The summed E-state index contributed by atoms with van der Waals surface area (Å²) >= 11 is 0. The number of hydrogen-bond donors (Lipinski definition) is 0. The summed E-state index contributed by atoms with van der Waals surface area (Å²) in [5.41, 5.74) is 0.607. The van der Waals surface area contributed by atoms with Crippen LogP contribution in [0.3, 0.4) is 0 Å². The number of methoxy groups -OCH3 is 1. The normalized spacial score (nSPS) is 17.1. The maximum atomic E-state index is 11.9. The maximum absolute atomic E-state index is 11.9. The number of ether oxygens (including phenoxy) is 1. The van der Waals surface area contributed by atoms with E-state index >= 15 is 0 Å². The lowest BCUT2D eigenvalue weighted by atomic mass is 9.94. The van der Waals surface area contributed by atoms with E-state index in [-0.39, 0.29) is 5.91 Å². The van der Waals surface area contributed by atoms with Crippen LogP contribution < -0.4 is 0 Å².